The SMILES string of the molecule is CCc1ccc2cccc3c2c1Cc1c(ccc(O)c1OC)CC(Cc1cc[n-]c1)C(O)C1C(=O)C(Cc2ccc(O)c(OC4CCCC4)c2)(c2cc(O)cc(CNC)c2)C(O)CC1CSSC3CO. The molecule has 2 aliphatic carbocycles. The highest BCUT2D eigenvalue weighted by Crippen LogP contribution is 2.52. The first-order valence-electron chi connectivity index (χ1n) is 24.7. The van der Waals surface area contributed by atoms with Crippen molar-refractivity contribution in [3.8, 4) is 28.7 Å². The predicted octanol–water partition coefficient (Wildman–Crippen LogP) is 9.05. The van der Waals surface area contributed by atoms with Gasteiger partial charge in [-0.2, -0.15) is 12.4 Å². The number of Topliss-reactive ketones (excluding diaryl/α,β-unsaturated/α-hetero) is 1. The summed E-state index contributed by atoms with van der Waals surface area (Å²) in [5.41, 5.74) is 5.84. The van der Waals surface area contributed by atoms with E-state index in [1.165, 1.54) is 21.6 Å². The fourth-order valence-corrected chi connectivity index (χ4v) is 14.7. The van der Waals surface area contributed by atoms with Crippen LogP contribution in [0.4, 0.5) is 0 Å². The van der Waals surface area contributed by atoms with Gasteiger partial charge in [0.2, 0.25) is 0 Å². The number of ketones is 1. The number of aliphatic hydroxyl groups excluding tert-OH is 3. The number of aromatic hydroxyl groups is 3. The largest absolute Gasteiger partial charge is 0.670 e. The molecule has 0 radical (unpaired) electrons. The molecule has 370 valence electrons. The molecule has 13 heteroatoms. The highest BCUT2D eigenvalue weighted by molar-refractivity contribution is 8.76. The van der Waals surface area contributed by atoms with Crippen LogP contribution in [-0.2, 0) is 48.9 Å². The fraction of sp³-hybridized carbons (Fsp3) is 0.421. The lowest BCUT2D eigenvalue weighted by Crippen LogP contribution is -2.61. The molecular weight excluding hydrogens is 921 g/mol. The number of aromatic nitrogens is 1. The Morgan fingerprint density at radius 1 is 0.900 bits per heavy atom. The van der Waals surface area contributed by atoms with Crippen molar-refractivity contribution < 1.29 is 44.9 Å². The summed E-state index contributed by atoms with van der Waals surface area (Å²) in [6.07, 6.45) is 6.76. The van der Waals surface area contributed by atoms with Crippen LogP contribution < -0.4 is 19.8 Å². The van der Waals surface area contributed by atoms with E-state index in [0.717, 1.165) is 81.8 Å². The smallest absolute Gasteiger partial charge is 0.164 e. The van der Waals surface area contributed by atoms with Crippen molar-refractivity contribution in [2.75, 3.05) is 26.5 Å². The molecule has 7 N–H and O–H groups in total. The van der Waals surface area contributed by atoms with Crippen molar-refractivity contribution in [2.45, 2.75) is 107 Å². The maximum Gasteiger partial charge on any atom is 0.164 e. The van der Waals surface area contributed by atoms with E-state index in [1.807, 2.05) is 24.3 Å². The second-order valence-corrected chi connectivity index (χ2v) is 22.2. The number of fused-ring (bicyclic) bond motifs is 2. The molecule has 1 aromatic heterocycles. The molecule has 2 saturated carbocycles. The summed E-state index contributed by atoms with van der Waals surface area (Å²) in [4.78, 5) is 20.9. The minimum Gasteiger partial charge on any atom is -0.670 e. The van der Waals surface area contributed by atoms with E-state index in [9.17, 15) is 30.6 Å². The summed E-state index contributed by atoms with van der Waals surface area (Å²) in [5, 5.41) is 76.3. The summed E-state index contributed by atoms with van der Waals surface area (Å²) < 4.78 is 12.4. The normalized spacial score (nSPS) is 24.4. The number of phenols is 3. The lowest BCUT2D eigenvalue weighted by Gasteiger charge is -2.49. The standard InChI is InChI=1S/C57H65N2O9S2/c1-4-36-13-14-37-8-7-11-44-50(31-60)70-69-32-40-25-51(64)57(41-21-35(29-58-2)22-42(61)26-41,28-33-12-16-47(62)49(23-33)68-43-9-5-6-10-43)56(66)53(40)54(65)39(20-34-18-19-59-30-34)24-38-15-17-48(63)55(67-3)46(38)27-45(36)52(37)44/h7-8,11-19,21-23,26,30,39-40,43,50-51,53-54,58,60-65H,4-6,9-10,20,24-25,27-29,31-32H2,1-3H3/q-1. The van der Waals surface area contributed by atoms with Crippen LogP contribution >= 0.6 is 21.6 Å². The zero-order valence-electron chi connectivity index (χ0n) is 40.1. The van der Waals surface area contributed by atoms with E-state index in [4.69, 9.17) is 9.47 Å². The monoisotopic (exact) mass is 985 g/mol. The van der Waals surface area contributed by atoms with Crippen molar-refractivity contribution in [3.63, 3.8) is 0 Å². The molecule has 5 aromatic carbocycles. The van der Waals surface area contributed by atoms with Crippen LogP contribution in [0.5, 0.6) is 28.7 Å². The van der Waals surface area contributed by atoms with Crippen molar-refractivity contribution in [3.05, 3.63) is 147 Å². The maximum atomic E-state index is 16.5. The van der Waals surface area contributed by atoms with Gasteiger partial charge in [0.15, 0.2) is 28.8 Å². The summed E-state index contributed by atoms with van der Waals surface area (Å²) in [7, 11) is 6.42. The Labute approximate surface area is 418 Å². The number of aliphatic hydroxyl groups is 3. The first-order valence-corrected chi connectivity index (χ1v) is 27.1. The number of phenolic OH excluding ortho intramolecular Hbond substituents is 3. The van der Waals surface area contributed by atoms with Gasteiger partial charge in [0, 0.05) is 30.2 Å². The van der Waals surface area contributed by atoms with Crippen LogP contribution in [0.15, 0.2) is 97.3 Å². The van der Waals surface area contributed by atoms with Crippen molar-refractivity contribution in [1.82, 2.24) is 10.3 Å². The van der Waals surface area contributed by atoms with Crippen molar-refractivity contribution in [1.29, 1.82) is 0 Å². The quantitative estimate of drug-likeness (QED) is 0.0578. The van der Waals surface area contributed by atoms with Gasteiger partial charge in [-0.25, -0.2) is 0 Å². The van der Waals surface area contributed by atoms with Crippen LogP contribution in [0.3, 0.4) is 0 Å². The molecule has 0 saturated heterocycles. The number of hydrogen-bond donors (Lipinski definition) is 7. The molecular formula is C57H65N2O9S2-. The Morgan fingerprint density at radius 3 is 2.46 bits per heavy atom. The molecule has 0 spiro atoms. The Hall–Kier alpha value is -5.15. The molecule has 3 aliphatic rings. The Kier molecular flexibility index (Phi) is 15.4. The average molecular weight is 986 g/mol. The van der Waals surface area contributed by atoms with Gasteiger partial charge in [-0.1, -0.05) is 88.7 Å². The van der Waals surface area contributed by atoms with Crippen LogP contribution in [-0.4, -0.2) is 81.3 Å². The first kappa shape index (κ1) is 49.8. The second-order valence-electron chi connectivity index (χ2n) is 19.6. The van der Waals surface area contributed by atoms with Crippen molar-refractivity contribution >= 4 is 38.1 Å². The van der Waals surface area contributed by atoms with Crippen molar-refractivity contribution in [2.24, 2.45) is 17.8 Å². The molecule has 0 amide bonds. The van der Waals surface area contributed by atoms with E-state index in [2.05, 4.69) is 41.5 Å². The van der Waals surface area contributed by atoms with E-state index in [-0.39, 0.29) is 53.8 Å². The number of rotatable bonds is 12. The zero-order valence-corrected chi connectivity index (χ0v) is 41.8. The molecule has 7 unspecified atom stereocenters. The van der Waals surface area contributed by atoms with Gasteiger partial charge in [0.1, 0.15) is 5.75 Å². The number of hydrogen-bond acceptors (Lipinski definition) is 12. The molecule has 6 aromatic rings. The van der Waals surface area contributed by atoms with Gasteiger partial charge in [-0.15, -0.1) is 0 Å². The minimum atomic E-state index is -1.66. The van der Waals surface area contributed by atoms with E-state index < -0.39 is 35.4 Å². The van der Waals surface area contributed by atoms with Crippen LogP contribution in [0.2, 0.25) is 0 Å². The number of aryl methyl sites for hydroxylation is 1. The number of nitrogens with zero attached hydrogens (tertiary/aromatic N) is 1. The van der Waals surface area contributed by atoms with E-state index >= 15 is 4.79 Å². The summed E-state index contributed by atoms with van der Waals surface area (Å²) in [5.74, 6) is -1.48. The van der Waals surface area contributed by atoms with Gasteiger partial charge < -0.3 is 50.4 Å². The third-order valence-corrected chi connectivity index (χ3v) is 18.2. The molecule has 9 rings (SSSR count). The highest BCUT2D eigenvalue weighted by Gasteiger charge is 2.58. The summed E-state index contributed by atoms with van der Waals surface area (Å²) in [6.45, 7) is 2.36. The Morgan fingerprint density at radius 2 is 1.71 bits per heavy atom. The molecule has 7 atom stereocenters. The van der Waals surface area contributed by atoms with Gasteiger partial charge in [0.05, 0.1) is 42.7 Å². The molecule has 2 fully saturated rings. The molecule has 0 bridgehead atoms. The summed E-state index contributed by atoms with van der Waals surface area (Å²) in [6, 6.07) is 26.1. The third-order valence-electron chi connectivity index (χ3n) is 15.3. The van der Waals surface area contributed by atoms with Gasteiger partial charge in [-0.05, 0) is 157 Å². The van der Waals surface area contributed by atoms with E-state index in [1.54, 1.807) is 62.9 Å². The molecule has 11 nitrogen and oxygen atoms in total. The van der Waals surface area contributed by atoms with Crippen LogP contribution in [0, 0.1) is 17.8 Å². The molecule has 70 heavy (non-hydrogen) atoms. The fourth-order valence-electron chi connectivity index (χ4n) is 11.9. The number of nitrogens with one attached hydrogen (secondary N) is 1. The van der Waals surface area contributed by atoms with E-state index in [0.29, 0.717) is 54.2 Å². The van der Waals surface area contributed by atoms with Gasteiger partial charge in [-0.3, -0.25) is 4.79 Å². The molecule has 2 heterocycles. The Bertz CT molecular complexity index is 2800. The minimum absolute atomic E-state index is 0.0000540. The topological polar surface area (TPSA) is 183 Å². The number of benzene rings is 5. The number of carbonyl (C=O) groups excluding carboxylic acids is 1. The number of ether oxygens (including phenoxy) is 2. The van der Waals surface area contributed by atoms with Crippen LogP contribution in [0.25, 0.3) is 10.8 Å². The zero-order chi connectivity index (χ0) is 49.1. The first-order chi connectivity index (χ1) is 34.0. The lowest BCUT2D eigenvalue weighted by molar-refractivity contribution is -0.149. The average Bonchev–Trinajstić information content (AvgIpc) is 4.08. The Balaban J connectivity index is 1.23. The number of carbonyl (C=O) groups is 1. The highest BCUT2D eigenvalue weighted by atomic mass is 33.1. The summed E-state index contributed by atoms with van der Waals surface area (Å²) >= 11 is 0. The number of methoxy groups -OCH3 is 1. The predicted molar refractivity (Wildman–Crippen MR) is 277 cm³/mol. The van der Waals surface area contributed by atoms with Gasteiger partial charge in [0.25, 0.3) is 0 Å². The van der Waals surface area contributed by atoms with Gasteiger partial charge >= 0.3 is 0 Å². The maximum absolute atomic E-state index is 16.5. The lowest BCUT2D eigenvalue weighted by atomic mass is 9.55. The molecule has 1 aliphatic heterocycles. The third kappa shape index (κ3) is 9.90. The van der Waals surface area contributed by atoms with Crippen LogP contribution in [0.1, 0.15) is 94.3 Å². The second kappa shape index (κ2) is 21.7.